The number of anilines is 3. The molecule has 5 saturated carbocycles. The highest BCUT2D eigenvalue weighted by Gasteiger charge is 2.51. The van der Waals surface area contributed by atoms with Crippen molar-refractivity contribution < 1.29 is 0 Å². The molecule has 6 rings (SSSR count). The van der Waals surface area contributed by atoms with Gasteiger partial charge < -0.3 is 20.9 Å². The third kappa shape index (κ3) is 10.5. The van der Waals surface area contributed by atoms with Crippen LogP contribution in [0.25, 0.3) is 0 Å². The molecule has 43 heavy (non-hydrogen) atoms. The fourth-order valence-corrected chi connectivity index (χ4v) is 9.17. The zero-order valence-corrected chi connectivity index (χ0v) is 28.0. The standard InChI is InChI=1S/C36H65N7/c1-3-5-20-43(21-6-4-2)22-16-19-37-33-39-34(38-32-17-14-12-10-8-7-9-11-13-15-18-32)41-35(40-33)42-36-26-29-23-30(27-36)25-31(24-29)28-36/h29-32H,3-28H2,1-2H3,(H3,37,38,39,40,41,42). The number of unbranched alkanes of at least 4 members (excludes halogenated alkanes) is 2. The molecule has 0 saturated heterocycles. The summed E-state index contributed by atoms with van der Waals surface area (Å²) < 4.78 is 0. The molecule has 4 bridgehead atoms. The topological polar surface area (TPSA) is 78.0 Å². The van der Waals surface area contributed by atoms with Gasteiger partial charge in [-0.05, 0) is 108 Å². The molecule has 7 nitrogen and oxygen atoms in total. The zero-order valence-electron chi connectivity index (χ0n) is 28.0. The molecule has 244 valence electrons. The Morgan fingerprint density at radius 2 is 1.12 bits per heavy atom. The lowest BCUT2D eigenvalue weighted by atomic mass is 9.53. The van der Waals surface area contributed by atoms with Gasteiger partial charge in [0, 0.05) is 18.1 Å². The van der Waals surface area contributed by atoms with Crippen LogP contribution in [0.2, 0.25) is 0 Å². The first-order valence-corrected chi connectivity index (χ1v) is 18.9. The monoisotopic (exact) mass is 596 g/mol. The quantitative estimate of drug-likeness (QED) is 0.175. The molecule has 0 spiro atoms. The average molecular weight is 596 g/mol. The Kier molecular flexibility index (Phi) is 13.1. The van der Waals surface area contributed by atoms with Crippen LogP contribution in [0, 0.1) is 17.8 Å². The summed E-state index contributed by atoms with van der Waals surface area (Å²) >= 11 is 0. The second-order valence-corrected chi connectivity index (χ2v) is 15.1. The van der Waals surface area contributed by atoms with Crippen LogP contribution in [-0.2, 0) is 0 Å². The van der Waals surface area contributed by atoms with E-state index in [9.17, 15) is 0 Å². The van der Waals surface area contributed by atoms with Crippen molar-refractivity contribution >= 4 is 17.8 Å². The van der Waals surface area contributed by atoms with Gasteiger partial charge in [0.25, 0.3) is 0 Å². The Bertz CT molecular complexity index is 881. The molecule has 0 aromatic carbocycles. The van der Waals surface area contributed by atoms with Crippen LogP contribution in [0.15, 0.2) is 0 Å². The van der Waals surface area contributed by atoms with E-state index in [0.717, 1.165) is 55.1 Å². The zero-order chi connectivity index (χ0) is 29.7. The number of rotatable bonds is 15. The molecule has 7 heteroatoms. The lowest BCUT2D eigenvalue weighted by Gasteiger charge is -2.56. The molecule has 0 aliphatic heterocycles. The molecule has 5 aliphatic carbocycles. The van der Waals surface area contributed by atoms with Gasteiger partial charge in [-0.15, -0.1) is 0 Å². The molecule has 0 unspecified atom stereocenters. The van der Waals surface area contributed by atoms with Gasteiger partial charge in [-0.1, -0.05) is 84.5 Å². The molecule has 1 heterocycles. The molecule has 5 aliphatic rings. The molecule has 1 aromatic heterocycles. The smallest absolute Gasteiger partial charge is 0.229 e. The van der Waals surface area contributed by atoms with Crippen molar-refractivity contribution in [2.75, 3.05) is 42.1 Å². The molecule has 3 N–H and O–H groups in total. The summed E-state index contributed by atoms with van der Waals surface area (Å²) in [5.74, 6) is 5.00. The van der Waals surface area contributed by atoms with E-state index < -0.39 is 0 Å². The minimum Gasteiger partial charge on any atom is -0.354 e. The van der Waals surface area contributed by atoms with Crippen molar-refractivity contribution in [2.24, 2.45) is 17.8 Å². The summed E-state index contributed by atoms with van der Waals surface area (Å²) in [5.41, 5.74) is 0.191. The van der Waals surface area contributed by atoms with E-state index in [1.165, 1.54) is 148 Å². The molecule has 0 radical (unpaired) electrons. The third-order valence-electron chi connectivity index (χ3n) is 11.1. The molecule has 5 fully saturated rings. The first-order valence-electron chi connectivity index (χ1n) is 18.9. The summed E-state index contributed by atoms with van der Waals surface area (Å²) in [6.07, 6.45) is 29.3. The molecular weight excluding hydrogens is 530 g/mol. The first kappa shape index (κ1) is 32.8. The minimum absolute atomic E-state index is 0.191. The van der Waals surface area contributed by atoms with Crippen molar-refractivity contribution in [3.05, 3.63) is 0 Å². The third-order valence-corrected chi connectivity index (χ3v) is 11.1. The van der Waals surface area contributed by atoms with E-state index in [1.54, 1.807) is 0 Å². The van der Waals surface area contributed by atoms with Crippen molar-refractivity contribution in [3.8, 4) is 0 Å². The maximum absolute atomic E-state index is 5.06. The second kappa shape index (κ2) is 17.2. The average Bonchev–Trinajstić information content (AvgIpc) is 2.96. The van der Waals surface area contributed by atoms with Crippen LogP contribution in [0.5, 0.6) is 0 Å². The highest BCUT2D eigenvalue weighted by molar-refractivity contribution is 5.44. The number of nitrogens with one attached hydrogen (secondary N) is 3. The predicted molar refractivity (Wildman–Crippen MR) is 182 cm³/mol. The summed E-state index contributed by atoms with van der Waals surface area (Å²) in [6, 6.07) is 0.452. The number of hydrogen-bond donors (Lipinski definition) is 3. The Hall–Kier alpha value is -1.63. The van der Waals surface area contributed by atoms with Crippen molar-refractivity contribution in [1.82, 2.24) is 19.9 Å². The highest BCUT2D eigenvalue weighted by atomic mass is 15.3. The van der Waals surface area contributed by atoms with Crippen molar-refractivity contribution in [2.45, 2.75) is 167 Å². The van der Waals surface area contributed by atoms with E-state index in [-0.39, 0.29) is 5.54 Å². The van der Waals surface area contributed by atoms with Gasteiger partial charge in [-0.3, -0.25) is 0 Å². The van der Waals surface area contributed by atoms with Crippen molar-refractivity contribution in [3.63, 3.8) is 0 Å². The molecular formula is C36H65N7. The minimum atomic E-state index is 0.191. The van der Waals surface area contributed by atoms with Gasteiger partial charge in [0.2, 0.25) is 17.8 Å². The lowest BCUT2D eigenvalue weighted by molar-refractivity contribution is 0.0103. The van der Waals surface area contributed by atoms with Gasteiger partial charge >= 0.3 is 0 Å². The van der Waals surface area contributed by atoms with Crippen LogP contribution >= 0.6 is 0 Å². The van der Waals surface area contributed by atoms with E-state index in [0.29, 0.717) is 6.04 Å². The Balaban J connectivity index is 1.24. The van der Waals surface area contributed by atoms with E-state index >= 15 is 0 Å². The summed E-state index contributed by atoms with van der Waals surface area (Å²) in [6.45, 7) is 9.07. The fourth-order valence-electron chi connectivity index (χ4n) is 9.17. The van der Waals surface area contributed by atoms with Crippen LogP contribution < -0.4 is 16.0 Å². The van der Waals surface area contributed by atoms with Gasteiger partial charge in [0.05, 0.1) is 0 Å². The van der Waals surface area contributed by atoms with Gasteiger partial charge in [0.15, 0.2) is 0 Å². The molecule has 0 atom stereocenters. The van der Waals surface area contributed by atoms with Gasteiger partial charge in [0.1, 0.15) is 0 Å². The van der Waals surface area contributed by atoms with E-state index in [1.807, 2.05) is 0 Å². The Morgan fingerprint density at radius 3 is 1.67 bits per heavy atom. The van der Waals surface area contributed by atoms with Crippen LogP contribution in [-0.4, -0.2) is 57.6 Å². The maximum Gasteiger partial charge on any atom is 0.229 e. The van der Waals surface area contributed by atoms with Crippen LogP contribution in [0.3, 0.4) is 0 Å². The summed E-state index contributed by atoms with van der Waals surface area (Å²) in [5, 5.41) is 11.4. The van der Waals surface area contributed by atoms with Gasteiger partial charge in [-0.25, -0.2) is 0 Å². The lowest BCUT2D eigenvalue weighted by Crippen LogP contribution is -2.55. The summed E-state index contributed by atoms with van der Waals surface area (Å²) in [7, 11) is 0. The summed E-state index contributed by atoms with van der Waals surface area (Å²) in [4.78, 5) is 17.7. The fraction of sp³-hybridized carbons (Fsp3) is 0.917. The molecule has 0 amide bonds. The number of nitrogens with zero attached hydrogens (tertiary/aromatic N) is 4. The predicted octanol–water partition coefficient (Wildman–Crippen LogP) is 9.04. The Morgan fingerprint density at radius 1 is 0.628 bits per heavy atom. The van der Waals surface area contributed by atoms with Crippen molar-refractivity contribution in [1.29, 1.82) is 0 Å². The first-order chi connectivity index (χ1) is 21.1. The second-order valence-electron chi connectivity index (χ2n) is 15.1. The largest absolute Gasteiger partial charge is 0.354 e. The Labute approximate surface area is 264 Å². The van der Waals surface area contributed by atoms with Crippen LogP contribution in [0.4, 0.5) is 17.8 Å². The van der Waals surface area contributed by atoms with E-state index in [4.69, 9.17) is 15.0 Å². The number of aromatic nitrogens is 3. The van der Waals surface area contributed by atoms with Gasteiger partial charge in [-0.2, -0.15) is 15.0 Å². The highest BCUT2D eigenvalue weighted by Crippen LogP contribution is 2.56. The normalized spacial score (nSPS) is 28.4. The van der Waals surface area contributed by atoms with Crippen LogP contribution in [0.1, 0.15) is 155 Å². The van der Waals surface area contributed by atoms with E-state index in [2.05, 4.69) is 34.7 Å². The maximum atomic E-state index is 5.06. The molecule has 1 aromatic rings. The SMILES string of the molecule is CCCCN(CCCC)CCCNc1nc(NC2CCCCCCCCCCC2)nc(NC23CC4CC(CC(C4)C2)C3)n1. The number of hydrogen-bond acceptors (Lipinski definition) is 7.